The predicted octanol–water partition coefficient (Wildman–Crippen LogP) is 3.61. The van der Waals surface area contributed by atoms with Crippen molar-refractivity contribution < 1.29 is 27.4 Å². The van der Waals surface area contributed by atoms with E-state index in [1.807, 2.05) is 0 Å². The lowest BCUT2D eigenvalue weighted by Gasteiger charge is -2.26. The highest BCUT2D eigenvalue weighted by atomic mass is 35.5. The molecule has 0 aliphatic carbocycles. The Hall–Kier alpha value is -3.27. The molecule has 1 heterocycles. The van der Waals surface area contributed by atoms with Crippen molar-refractivity contribution in [1.29, 1.82) is 0 Å². The molecule has 1 aliphatic rings. The topological polar surface area (TPSA) is 108 Å². The van der Waals surface area contributed by atoms with Crippen LogP contribution in [0.1, 0.15) is 16.7 Å². The van der Waals surface area contributed by atoms with Gasteiger partial charge in [0.15, 0.2) is 5.54 Å². The van der Waals surface area contributed by atoms with Crippen LogP contribution < -0.4 is 24.2 Å². The second-order valence-electron chi connectivity index (χ2n) is 7.72. The number of fused-ring (bicyclic) bond motifs is 1. The van der Waals surface area contributed by atoms with Crippen LogP contribution in [0.25, 0.3) is 0 Å². The van der Waals surface area contributed by atoms with Crippen LogP contribution in [0.3, 0.4) is 0 Å². The SMILES string of the molecule is COc1ccc(S(=O)(=O)N2C(=O)C(N)(c3ccccc3OC)c3cc(Cl)c(C)cc32)c(OC)c1. The van der Waals surface area contributed by atoms with Gasteiger partial charge in [0.1, 0.15) is 22.1 Å². The Labute approximate surface area is 202 Å². The predicted molar refractivity (Wildman–Crippen MR) is 128 cm³/mol. The maximum Gasteiger partial charge on any atom is 0.274 e. The van der Waals surface area contributed by atoms with Gasteiger partial charge in [-0.1, -0.05) is 29.8 Å². The van der Waals surface area contributed by atoms with Crippen LogP contribution in [-0.4, -0.2) is 35.7 Å². The third kappa shape index (κ3) is 3.39. The highest BCUT2D eigenvalue weighted by molar-refractivity contribution is 7.93. The Bertz CT molecular complexity index is 1410. The molecule has 0 spiro atoms. The molecule has 1 amide bonds. The van der Waals surface area contributed by atoms with E-state index in [-0.39, 0.29) is 21.9 Å². The molecule has 3 aromatic rings. The van der Waals surface area contributed by atoms with Gasteiger partial charge < -0.3 is 19.9 Å². The highest BCUT2D eigenvalue weighted by Gasteiger charge is 2.55. The molecule has 1 atom stereocenters. The number of nitrogens with zero attached hydrogens (tertiary/aromatic N) is 1. The molecular formula is C24H23ClN2O6S. The molecule has 0 radical (unpaired) electrons. The van der Waals surface area contributed by atoms with E-state index in [0.29, 0.717) is 32.0 Å². The first-order chi connectivity index (χ1) is 16.1. The Morgan fingerprint density at radius 2 is 1.59 bits per heavy atom. The summed E-state index contributed by atoms with van der Waals surface area (Å²) in [6, 6.07) is 14.0. The maximum atomic E-state index is 14.0. The largest absolute Gasteiger partial charge is 0.497 e. The number of benzene rings is 3. The number of sulfonamides is 1. The third-order valence-corrected chi connectivity index (χ3v) is 8.01. The van der Waals surface area contributed by atoms with Crippen molar-refractivity contribution in [2.24, 2.45) is 5.73 Å². The molecule has 0 fully saturated rings. The fourth-order valence-electron chi connectivity index (χ4n) is 4.09. The molecule has 0 bridgehead atoms. The van der Waals surface area contributed by atoms with Crippen molar-refractivity contribution in [3.8, 4) is 17.2 Å². The van der Waals surface area contributed by atoms with Crippen molar-refractivity contribution in [1.82, 2.24) is 0 Å². The first-order valence-corrected chi connectivity index (χ1v) is 12.0. The highest BCUT2D eigenvalue weighted by Crippen LogP contribution is 2.49. The van der Waals surface area contributed by atoms with E-state index < -0.39 is 21.5 Å². The number of nitrogens with two attached hydrogens (primary N) is 1. The Morgan fingerprint density at radius 3 is 2.24 bits per heavy atom. The van der Waals surface area contributed by atoms with E-state index in [1.165, 1.54) is 51.7 Å². The number of halogens is 1. The Balaban J connectivity index is 2.01. The standard InChI is InChI=1S/C24H23ClN2O6S/c1-14-11-19-17(13-18(14)25)24(26,16-7-5-6-8-20(16)32-3)23(28)27(19)34(29,30)22-10-9-15(31-2)12-21(22)33-4/h5-13H,26H2,1-4H3. The van der Waals surface area contributed by atoms with Gasteiger partial charge >= 0.3 is 0 Å². The number of aryl methyl sites for hydroxylation is 1. The number of hydrogen-bond acceptors (Lipinski definition) is 7. The van der Waals surface area contributed by atoms with Gasteiger partial charge in [0.05, 0.1) is 27.0 Å². The molecule has 0 saturated carbocycles. The van der Waals surface area contributed by atoms with Gasteiger partial charge in [-0.15, -0.1) is 0 Å². The van der Waals surface area contributed by atoms with E-state index in [9.17, 15) is 13.2 Å². The summed E-state index contributed by atoms with van der Waals surface area (Å²) < 4.78 is 44.5. The summed E-state index contributed by atoms with van der Waals surface area (Å²) in [7, 11) is -0.229. The van der Waals surface area contributed by atoms with Crippen LogP contribution >= 0.6 is 11.6 Å². The molecule has 1 unspecified atom stereocenters. The maximum absolute atomic E-state index is 14.0. The number of para-hydroxylation sites is 1. The molecule has 3 aromatic carbocycles. The number of anilines is 1. The zero-order valence-electron chi connectivity index (χ0n) is 19.0. The second-order valence-corrected chi connectivity index (χ2v) is 9.88. The minimum atomic E-state index is -4.46. The third-order valence-electron chi connectivity index (χ3n) is 5.86. The fourth-order valence-corrected chi connectivity index (χ4v) is 5.86. The summed E-state index contributed by atoms with van der Waals surface area (Å²) in [6.07, 6.45) is 0. The van der Waals surface area contributed by atoms with Gasteiger partial charge in [0.25, 0.3) is 15.9 Å². The van der Waals surface area contributed by atoms with E-state index in [4.69, 9.17) is 31.5 Å². The average molecular weight is 503 g/mol. The monoisotopic (exact) mass is 502 g/mol. The number of amides is 1. The number of methoxy groups -OCH3 is 3. The number of carbonyl (C=O) groups excluding carboxylic acids is 1. The lowest BCUT2D eigenvalue weighted by atomic mass is 9.84. The van der Waals surface area contributed by atoms with E-state index in [2.05, 4.69) is 0 Å². The number of hydrogen-bond donors (Lipinski definition) is 1. The van der Waals surface area contributed by atoms with Crippen LogP contribution in [0, 0.1) is 6.92 Å². The zero-order valence-corrected chi connectivity index (χ0v) is 20.5. The summed E-state index contributed by atoms with van der Waals surface area (Å²) in [6.45, 7) is 1.71. The van der Waals surface area contributed by atoms with Gasteiger partial charge in [0, 0.05) is 22.2 Å². The quantitative estimate of drug-likeness (QED) is 0.548. The Kier molecular flexibility index (Phi) is 5.97. The molecule has 0 aromatic heterocycles. The summed E-state index contributed by atoms with van der Waals surface area (Å²) >= 11 is 6.39. The number of ether oxygens (including phenoxy) is 3. The van der Waals surface area contributed by atoms with Crippen LogP contribution in [-0.2, 0) is 20.4 Å². The first-order valence-electron chi connectivity index (χ1n) is 10.2. The normalized spacial score (nSPS) is 17.5. The van der Waals surface area contributed by atoms with Crippen LogP contribution in [0.5, 0.6) is 17.2 Å². The van der Waals surface area contributed by atoms with E-state index in [1.54, 1.807) is 31.2 Å². The van der Waals surface area contributed by atoms with Crippen LogP contribution in [0.15, 0.2) is 59.5 Å². The first kappa shape index (κ1) is 23.9. The van der Waals surface area contributed by atoms with Gasteiger partial charge in [-0.2, -0.15) is 0 Å². The minimum Gasteiger partial charge on any atom is -0.497 e. The molecule has 34 heavy (non-hydrogen) atoms. The molecule has 2 N–H and O–H groups in total. The van der Waals surface area contributed by atoms with Gasteiger partial charge in [0.2, 0.25) is 0 Å². The van der Waals surface area contributed by atoms with Gasteiger partial charge in [-0.05, 0) is 42.8 Å². The minimum absolute atomic E-state index is 0.0196. The van der Waals surface area contributed by atoms with E-state index >= 15 is 0 Å². The number of rotatable bonds is 6. The number of carbonyl (C=O) groups is 1. The molecule has 8 nitrogen and oxygen atoms in total. The lowest BCUT2D eigenvalue weighted by molar-refractivity contribution is -0.120. The van der Waals surface area contributed by atoms with Gasteiger partial charge in [-0.3, -0.25) is 4.79 Å². The van der Waals surface area contributed by atoms with Gasteiger partial charge in [-0.25, -0.2) is 12.7 Å². The van der Waals surface area contributed by atoms with E-state index in [0.717, 1.165) is 0 Å². The smallest absolute Gasteiger partial charge is 0.274 e. The fraction of sp³-hybridized carbons (Fsp3) is 0.208. The molecule has 4 rings (SSSR count). The summed E-state index contributed by atoms with van der Waals surface area (Å²) in [4.78, 5) is 13.8. The van der Waals surface area contributed by atoms with Crippen molar-refractivity contribution >= 4 is 33.2 Å². The average Bonchev–Trinajstić information content (AvgIpc) is 3.06. The summed E-state index contributed by atoms with van der Waals surface area (Å²) in [5.74, 6) is -0.117. The van der Waals surface area contributed by atoms with Crippen molar-refractivity contribution in [3.05, 3.63) is 76.3 Å². The summed E-state index contributed by atoms with van der Waals surface area (Å²) in [5, 5.41) is 0.345. The lowest BCUT2D eigenvalue weighted by Crippen LogP contribution is -2.49. The molecule has 1 aliphatic heterocycles. The van der Waals surface area contributed by atoms with Crippen LogP contribution in [0.4, 0.5) is 5.69 Å². The molecule has 0 saturated heterocycles. The van der Waals surface area contributed by atoms with Crippen LogP contribution in [0.2, 0.25) is 5.02 Å². The van der Waals surface area contributed by atoms with Crippen molar-refractivity contribution in [3.63, 3.8) is 0 Å². The van der Waals surface area contributed by atoms with Crippen molar-refractivity contribution in [2.45, 2.75) is 17.4 Å². The van der Waals surface area contributed by atoms with Crippen molar-refractivity contribution in [2.75, 3.05) is 25.6 Å². The summed E-state index contributed by atoms with van der Waals surface area (Å²) in [5.41, 5.74) is 6.14. The molecule has 178 valence electrons. The zero-order chi connectivity index (χ0) is 24.8. The molecular weight excluding hydrogens is 480 g/mol. The second kappa shape index (κ2) is 8.50. The Morgan fingerprint density at radius 1 is 0.912 bits per heavy atom. The molecule has 10 heteroatoms.